The number of hydrogen-bond donors (Lipinski definition) is 1. The van der Waals surface area contributed by atoms with Crippen LogP contribution in [-0.2, 0) is 9.53 Å². The van der Waals surface area contributed by atoms with Gasteiger partial charge in [-0.2, -0.15) is 0 Å². The first-order valence-corrected chi connectivity index (χ1v) is 6.38. The Kier molecular flexibility index (Phi) is 3.21. The van der Waals surface area contributed by atoms with Gasteiger partial charge < -0.3 is 15.0 Å². The number of rotatable bonds is 4. The molecule has 4 nitrogen and oxygen atoms in total. The first-order chi connectivity index (χ1) is 7.88. The van der Waals surface area contributed by atoms with Crippen molar-refractivity contribution in [2.24, 2.45) is 11.3 Å². The van der Waals surface area contributed by atoms with Crippen LogP contribution >= 0.6 is 0 Å². The third-order valence-corrected chi connectivity index (χ3v) is 4.09. The standard InChI is InChI=1S/C13H24N2O2/c1-12(2)8-15(3)7-10(12)11(16)14-13(5-6-13)9-17-4/h10H,5-9H2,1-4H3,(H,14,16)/t10-/m0/s1. The predicted molar refractivity (Wildman–Crippen MR) is 66.8 cm³/mol. The molecular formula is C13H24N2O2. The van der Waals surface area contributed by atoms with Gasteiger partial charge in [0.15, 0.2) is 0 Å². The lowest BCUT2D eigenvalue weighted by Gasteiger charge is -2.27. The van der Waals surface area contributed by atoms with E-state index < -0.39 is 0 Å². The molecule has 17 heavy (non-hydrogen) atoms. The molecule has 1 saturated carbocycles. The molecule has 2 fully saturated rings. The summed E-state index contributed by atoms with van der Waals surface area (Å²) in [6.07, 6.45) is 2.10. The van der Waals surface area contributed by atoms with Crippen molar-refractivity contribution in [1.82, 2.24) is 10.2 Å². The Morgan fingerprint density at radius 2 is 2.12 bits per heavy atom. The van der Waals surface area contributed by atoms with Crippen LogP contribution in [0.2, 0.25) is 0 Å². The van der Waals surface area contributed by atoms with Crippen molar-refractivity contribution in [3.05, 3.63) is 0 Å². The van der Waals surface area contributed by atoms with Crippen molar-refractivity contribution in [3.63, 3.8) is 0 Å². The van der Waals surface area contributed by atoms with Crippen molar-refractivity contribution >= 4 is 5.91 Å². The van der Waals surface area contributed by atoms with Crippen LogP contribution in [0.4, 0.5) is 0 Å². The first kappa shape index (κ1) is 12.8. The summed E-state index contributed by atoms with van der Waals surface area (Å²) in [4.78, 5) is 14.6. The molecule has 0 unspecified atom stereocenters. The highest BCUT2D eigenvalue weighted by Crippen LogP contribution is 2.39. The quantitative estimate of drug-likeness (QED) is 0.793. The smallest absolute Gasteiger partial charge is 0.225 e. The summed E-state index contributed by atoms with van der Waals surface area (Å²) in [7, 11) is 3.77. The van der Waals surface area contributed by atoms with E-state index in [0.717, 1.165) is 25.9 Å². The van der Waals surface area contributed by atoms with Crippen LogP contribution in [0.15, 0.2) is 0 Å². The Balaban J connectivity index is 1.96. The summed E-state index contributed by atoms with van der Waals surface area (Å²) in [5.74, 6) is 0.302. The number of ether oxygens (including phenoxy) is 1. The van der Waals surface area contributed by atoms with E-state index in [9.17, 15) is 4.79 Å². The van der Waals surface area contributed by atoms with Gasteiger partial charge in [-0.25, -0.2) is 0 Å². The van der Waals surface area contributed by atoms with Gasteiger partial charge >= 0.3 is 0 Å². The third-order valence-electron chi connectivity index (χ3n) is 4.09. The number of hydrogen-bond acceptors (Lipinski definition) is 3. The molecule has 1 amide bonds. The van der Waals surface area contributed by atoms with E-state index >= 15 is 0 Å². The number of nitrogens with zero attached hydrogens (tertiary/aromatic N) is 1. The van der Waals surface area contributed by atoms with Gasteiger partial charge in [0.05, 0.1) is 18.1 Å². The van der Waals surface area contributed by atoms with Crippen molar-refractivity contribution < 1.29 is 9.53 Å². The van der Waals surface area contributed by atoms with E-state index in [4.69, 9.17) is 4.74 Å². The molecule has 1 aliphatic carbocycles. The van der Waals surface area contributed by atoms with E-state index in [1.807, 2.05) is 0 Å². The molecule has 0 bridgehead atoms. The second-order valence-electron chi connectivity index (χ2n) is 6.44. The maximum absolute atomic E-state index is 12.3. The predicted octanol–water partition coefficient (Wildman–Crippen LogP) is 0.869. The molecule has 2 aliphatic rings. The lowest BCUT2D eigenvalue weighted by Crippen LogP contribution is -2.46. The number of nitrogens with one attached hydrogen (secondary N) is 1. The SMILES string of the molecule is COCC1(NC(=O)[C@@H]2CN(C)CC2(C)C)CC1. The Morgan fingerprint density at radius 1 is 1.47 bits per heavy atom. The fourth-order valence-electron chi connectivity index (χ4n) is 2.95. The second kappa shape index (κ2) is 4.25. The summed E-state index contributed by atoms with van der Waals surface area (Å²) >= 11 is 0. The maximum atomic E-state index is 12.3. The van der Waals surface area contributed by atoms with Crippen LogP contribution in [0.1, 0.15) is 26.7 Å². The first-order valence-electron chi connectivity index (χ1n) is 6.38. The Morgan fingerprint density at radius 3 is 2.53 bits per heavy atom. The van der Waals surface area contributed by atoms with E-state index in [2.05, 4.69) is 31.1 Å². The van der Waals surface area contributed by atoms with Crippen molar-refractivity contribution in [3.8, 4) is 0 Å². The normalized spacial score (nSPS) is 30.2. The minimum Gasteiger partial charge on any atom is -0.382 e. The molecule has 1 saturated heterocycles. The number of carbonyl (C=O) groups is 1. The van der Waals surface area contributed by atoms with Crippen LogP contribution < -0.4 is 5.32 Å². The molecule has 0 aromatic carbocycles. The lowest BCUT2D eigenvalue weighted by molar-refractivity contribution is -0.128. The van der Waals surface area contributed by atoms with Crippen LogP contribution in [0.25, 0.3) is 0 Å². The molecule has 0 spiro atoms. The largest absolute Gasteiger partial charge is 0.382 e. The van der Waals surface area contributed by atoms with E-state index in [0.29, 0.717) is 6.61 Å². The van der Waals surface area contributed by atoms with Gasteiger partial charge in [0.1, 0.15) is 0 Å². The van der Waals surface area contributed by atoms with Gasteiger partial charge in [-0.05, 0) is 25.3 Å². The third kappa shape index (κ3) is 2.63. The Hall–Kier alpha value is -0.610. The topological polar surface area (TPSA) is 41.6 Å². The fourth-order valence-corrected chi connectivity index (χ4v) is 2.95. The average molecular weight is 240 g/mol. The van der Waals surface area contributed by atoms with E-state index in [1.54, 1.807) is 7.11 Å². The van der Waals surface area contributed by atoms with Crippen molar-refractivity contribution in [2.75, 3.05) is 33.9 Å². The minimum absolute atomic E-state index is 0.0525. The van der Waals surface area contributed by atoms with E-state index in [-0.39, 0.29) is 22.8 Å². The van der Waals surface area contributed by atoms with Crippen LogP contribution in [-0.4, -0.2) is 50.2 Å². The van der Waals surface area contributed by atoms with Crippen LogP contribution in [0.5, 0.6) is 0 Å². The van der Waals surface area contributed by atoms with Crippen LogP contribution in [0.3, 0.4) is 0 Å². The average Bonchev–Trinajstić information content (AvgIpc) is 2.87. The maximum Gasteiger partial charge on any atom is 0.225 e. The molecule has 98 valence electrons. The molecular weight excluding hydrogens is 216 g/mol. The summed E-state index contributed by atoms with van der Waals surface area (Å²) in [5, 5.41) is 3.20. The highest BCUT2D eigenvalue weighted by molar-refractivity contribution is 5.81. The minimum atomic E-state index is -0.0525. The summed E-state index contributed by atoms with van der Waals surface area (Å²) in [5.41, 5.74) is 0.0189. The summed E-state index contributed by atoms with van der Waals surface area (Å²) in [6, 6.07) is 0. The second-order valence-corrected chi connectivity index (χ2v) is 6.44. The number of amides is 1. The number of methoxy groups -OCH3 is 1. The molecule has 0 aromatic rings. The highest BCUT2D eigenvalue weighted by Gasteiger charge is 2.48. The molecule has 1 N–H and O–H groups in total. The molecule has 0 radical (unpaired) electrons. The molecule has 4 heteroatoms. The lowest BCUT2D eigenvalue weighted by atomic mass is 9.81. The van der Waals surface area contributed by atoms with Gasteiger partial charge in [-0.15, -0.1) is 0 Å². The molecule has 1 heterocycles. The zero-order chi connectivity index (χ0) is 12.7. The monoisotopic (exact) mass is 240 g/mol. The Bertz CT molecular complexity index is 311. The molecule has 1 aliphatic heterocycles. The number of likely N-dealkylation sites (tertiary alicyclic amines) is 1. The molecule has 1 atom stereocenters. The van der Waals surface area contributed by atoms with Crippen molar-refractivity contribution in [1.29, 1.82) is 0 Å². The zero-order valence-corrected chi connectivity index (χ0v) is 11.4. The molecule has 0 aromatic heterocycles. The van der Waals surface area contributed by atoms with Gasteiger partial charge in [-0.1, -0.05) is 13.8 Å². The van der Waals surface area contributed by atoms with Crippen molar-refractivity contribution in [2.45, 2.75) is 32.2 Å². The fraction of sp³-hybridized carbons (Fsp3) is 0.923. The zero-order valence-electron chi connectivity index (χ0n) is 11.4. The Labute approximate surface area is 104 Å². The highest BCUT2D eigenvalue weighted by atomic mass is 16.5. The van der Waals surface area contributed by atoms with Gasteiger partial charge in [-0.3, -0.25) is 4.79 Å². The van der Waals surface area contributed by atoms with Gasteiger partial charge in [0.2, 0.25) is 5.91 Å². The van der Waals surface area contributed by atoms with Gasteiger partial charge in [0.25, 0.3) is 0 Å². The summed E-state index contributed by atoms with van der Waals surface area (Å²) in [6.45, 7) is 6.85. The van der Waals surface area contributed by atoms with Gasteiger partial charge in [0, 0.05) is 20.2 Å². The van der Waals surface area contributed by atoms with E-state index in [1.165, 1.54) is 0 Å². The van der Waals surface area contributed by atoms with Crippen LogP contribution in [0, 0.1) is 11.3 Å². The number of carbonyl (C=O) groups excluding carboxylic acids is 1. The molecule has 2 rings (SSSR count). The summed E-state index contributed by atoms with van der Waals surface area (Å²) < 4.78 is 5.18.